The van der Waals surface area contributed by atoms with Crippen molar-refractivity contribution < 1.29 is 19.1 Å². The van der Waals surface area contributed by atoms with Gasteiger partial charge >= 0.3 is 11.9 Å². The Morgan fingerprint density at radius 2 is 1.79 bits per heavy atom. The third-order valence-electron chi connectivity index (χ3n) is 3.20. The van der Waals surface area contributed by atoms with Crippen LogP contribution in [0.15, 0.2) is 48.5 Å². The average molecular weight is 367 g/mol. The molecule has 2 rings (SSSR count). The van der Waals surface area contributed by atoms with E-state index >= 15 is 0 Å². The summed E-state index contributed by atoms with van der Waals surface area (Å²) in [5.74, 6) is -1.19. The molecular weight excluding hydrogens is 351 g/mol. The first-order valence-corrected chi connectivity index (χ1v) is 8.12. The molecule has 24 heavy (non-hydrogen) atoms. The molecule has 6 heteroatoms. The fourth-order valence-electron chi connectivity index (χ4n) is 2.09. The van der Waals surface area contributed by atoms with Crippen molar-refractivity contribution in [1.82, 2.24) is 0 Å². The van der Waals surface area contributed by atoms with Crippen LogP contribution in [0.3, 0.4) is 0 Å². The van der Waals surface area contributed by atoms with Gasteiger partial charge in [-0.3, -0.25) is 4.79 Å². The van der Waals surface area contributed by atoms with E-state index in [9.17, 15) is 9.59 Å². The Morgan fingerprint density at radius 1 is 1.08 bits per heavy atom. The summed E-state index contributed by atoms with van der Waals surface area (Å²) >= 11 is 11.9. The predicted molar refractivity (Wildman–Crippen MR) is 92.1 cm³/mol. The molecule has 0 saturated carbocycles. The second kappa shape index (κ2) is 8.71. The highest BCUT2D eigenvalue weighted by Crippen LogP contribution is 2.24. The van der Waals surface area contributed by atoms with Crippen molar-refractivity contribution in [3.05, 3.63) is 69.7 Å². The molecule has 1 atom stereocenters. The SMILES string of the molecule is CCOC(=O)C(OC(=O)Cc1ccc(Cl)cc1Cl)c1ccccc1. The van der Waals surface area contributed by atoms with Gasteiger partial charge in [-0.15, -0.1) is 0 Å². The summed E-state index contributed by atoms with van der Waals surface area (Å²) < 4.78 is 10.3. The first-order chi connectivity index (χ1) is 11.5. The average Bonchev–Trinajstić information content (AvgIpc) is 2.56. The van der Waals surface area contributed by atoms with Crippen LogP contribution in [-0.4, -0.2) is 18.5 Å². The topological polar surface area (TPSA) is 52.6 Å². The Hall–Kier alpha value is -2.04. The second-order valence-corrected chi connectivity index (χ2v) is 5.79. The van der Waals surface area contributed by atoms with E-state index in [4.69, 9.17) is 32.7 Å². The largest absolute Gasteiger partial charge is 0.463 e. The Labute approximate surface area is 150 Å². The highest BCUT2D eigenvalue weighted by atomic mass is 35.5. The fraction of sp³-hybridized carbons (Fsp3) is 0.222. The zero-order valence-electron chi connectivity index (χ0n) is 13.0. The van der Waals surface area contributed by atoms with Crippen LogP contribution in [-0.2, 0) is 25.5 Å². The van der Waals surface area contributed by atoms with E-state index in [0.717, 1.165) is 0 Å². The third kappa shape index (κ3) is 4.98. The normalized spacial score (nSPS) is 11.6. The van der Waals surface area contributed by atoms with Gasteiger partial charge in [0.05, 0.1) is 13.0 Å². The second-order valence-electron chi connectivity index (χ2n) is 4.95. The fourth-order valence-corrected chi connectivity index (χ4v) is 2.57. The molecule has 0 aliphatic heterocycles. The molecule has 0 fully saturated rings. The van der Waals surface area contributed by atoms with Crippen LogP contribution in [0.1, 0.15) is 24.2 Å². The molecule has 4 nitrogen and oxygen atoms in total. The molecule has 0 saturated heterocycles. The lowest BCUT2D eigenvalue weighted by atomic mass is 10.1. The van der Waals surface area contributed by atoms with E-state index < -0.39 is 18.0 Å². The van der Waals surface area contributed by atoms with Crippen molar-refractivity contribution in [1.29, 1.82) is 0 Å². The highest BCUT2D eigenvalue weighted by molar-refractivity contribution is 6.35. The number of halogens is 2. The van der Waals surface area contributed by atoms with E-state index in [2.05, 4.69) is 0 Å². The van der Waals surface area contributed by atoms with Crippen molar-refractivity contribution in [3.8, 4) is 0 Å². The standard InChI is InChI=1S/C18H16Cl2O4/c1-2-23-18(22)17(12-6-4-3-5-7-12)24-16(21)10-13-8-9-14(19)11-15(13)20/h3-9,11,17H,2,10H2,1H3. The number of hydrogen-bond acceptors (Lipinski definition) is 4. The molecule has 0 heterocycles. The molecule has 0 aliphatic rings. The minimum Gasteiger partial charge on any atom is -0.463 e. The van der Waals surface area contributed by atoms with Crippen molar-refractivity contribution in [2.24, 2.45) is 0 Å². The molecule has 2 aromatic rings. The lowest BCUT2D eigenvalue weighted by Crippen LogP contribution is -2.23. The van der Waals surface area contributed by atoms with E-state index in [-0.39, 0.29) is 13.0 Å². The van der Waals surface area contributed by atoms with E-state index in [0.29, 0.717) is 21.2 Å². The van der Waals surface area contributed by atoms with E-state index in [1.165, 1.54) is 0 Å². The van der Waals surface area contributed by atoms with Crippen LogP contribution in [0.4, 0.5) is 0 Å². The third-order valence-corrected chi connectivity index (χ3v) is 3.79. The molecule has 0 amide bonds. The molecule has 0 N–H and O–H groups in total. The van der Waals surface area contributed by atoms with Gasteiger partial charge in [0.15, 0.2) is 0 Å². The van der Waals surface area contributed by atoms with Crippen LogP contribution in [0.2, 0.25) is 10.0 Å². The Kier molecular flexibility index (Phi) is 6.64. The minimum atomic E-state index is -1.11. The molecule has 0 bridgehead atoms. The van der Waals surface area contributed by atoms with E-state index in [1.54, 1.807) is 55.5 Å². The Morgan fingerprint density at radius 3 is 2.42 bits per heavy atom. The van der Waals surface area contributed by atoms with Crippen LogP contribution in [0.5, 0.6) is 0 Å². The summed E-state index contributed by atoms with van der Waals surface area (Å²) in [6.45, 7) is 1.89. The molecule has 0 radical (unpaired) electrons. The quantitative estimate of drug-likeness (QED) is 0.711. The Balaban J connectivity index is 2.13. The van der Waals surface area contributed by atoms with Gasteiger partial charge in [0.25, 0.3) is 0 Å². The number of esters is 2. The van der Waals surface area contributed by atoms with Crippen molar-refractivity contribution in [2.75, 3.05) is 6.61 Å². The van der Waals surface area contributed by atoms with Crippen LogP contribution in [0.25, 0.3) is 0 Å². The maximum absolute atomic E-state index is 12.2. The van der Waals surface area contributed by atoms with Gasteiger partial charge in [-0.1, -0.05) is 59.6 Å². The smallest absolute Gasteiger partial charge is 0.352 e. The lowest BCUT2D eigenvalue weighted by Gasteiger charge is -2.17. The molecular formula is C18H16Cl2O4. The summed E-state index contributed by atoms with van der Waals surface area (Å²) in [7, 11) is 0. The maximum Gasteiger partial charge on any atom is 0.352 e. The van der Waals surface area contributed by atoms with Crippen LogP contribution >= 0.6 is 23.2 Å². The number of hydrogen-bond donors (Lipinski definition) is 0. The van der Waals surface area contributed by atoms with Gasteiger partial charge in [-0.05, 0) is 24.6 Å². The zero-order chi connectivity index (χ0) is 17.5. The van der Waals surface area contributed by atoms with Crippen molar-refractivity contribution in [2.45, 2.75) is 19.4 Å². The monoisotopic (exact) mass is 366 g/mol. The number of benzene rings is 2. The first-order valence-electron chi connectivity index (χ1n) is 7.36. The van der Waals surface area contributed by atoms with Gasteiger partial charge in [0.1, 0.15) is 0 Å². The summed E-state index contributed by atoms with van der Waals surface area (Å²) in [4.78, 5) is 24.3. The number of carbonyl (C=O) groups excluding carboxylic acids is 2. The van der Waals surface area contributed by atoms with Gasteiger partial charge in [-0.25, -0.2) is 4.79 Å². The van der Waals surface area contributed by atoms with Crippen LogP contribution in [0, 0.1) is 0 Å². The summed E-state index contributed by atoms with van der Waals surface area (Å²) in [6, 6.07) is 13.5. The molecule has 0 aromatic heterocycles. The van der Waals surface area contributed by atoms with Crippen LogP contribution < -0.4 is 0 Å². The van der Waals surface area contributed by atoms with Crippen molar-refractivity contribution >= 4 is 35.1 Å². The number of ether oxygens (including phenoxy) is 2. The summed E-state index contributed by atoms with van der Waals surface area (Å²) in [5.41, 5.74) is 1.12. The molecule has 2 aromatic carbocycles. The zero-order valence-corrected chi connectivity index (χ0v) is 14.5. The van der Waals surface area contributed by atoms with E-state index in [1.807, 2.05) is 0 Å². The Bertz CT molecular complexity index is 716. The van der Waals surface area contributed by atoms with Gasteiger partial charge < -0.3 is 9.47 Å². The predicted octanol–water partition coefficient (Wildman–Crippen LogP) is 4.38. The summed E-state index contributed by atoms with van der Waals surface area (Å²) in [5, 5.41) is 0.845. The molecule has 0 spiro atoms. The number of carbonyl (C=O) groups is 2. The molecule has 0 aliphatic carbocycles. The highest BCUT2D eigenvalue weighted by Gasteiger charge is 2.26. The van der Waals surface area contributed by atoms with Gasteiger partial charge in [0, 0.05) is 15.6 Å². The lowest BCUT2D eigenvalue weighted by molar-refractivity contribution is -0.167. The van der Waals surface area contributed by atoms with Crippen molar-refractivity contribution in [3.63, 3.8) is 0 Å². The molecule has 126 valence electrons. The van der Waals surface area contributed by atoms with Gasteiger partial charge in [-0.2, -0.15) is 0 Å². The first kappa shape index (κ1) is 18.3. The van der Waals surface area contributed by atoms with Gasteiger partial charge in [0.2, 0.25) is 6.10 Å². The number of rotatable bonds is 6. The summed E-state index contributed by atoms with van der Waals surface area (Å²) in [6.07, 6.45) is -1.18. The molecule has 1 unspecified atom stereocenters. The maximum atomic E-state index is 12.2. The minimum absolute atomic E-state index is 0.0707.